The number of sulfonamides is 1. The SMILES string of the molecule is COc1ccc2c(c1)C(=O)N(C[C@@]1(C#Cc3ccccc3S(N)(=O)=O)NC(O)NC1=O)C2. The van der Waals surface area contributed by atoms with Crippen LogP contribution in [0.1, 0.15) is 21.5 Å². The van der Waals surface area contributed by atoms with E-state index in [1.165, 1.54) is 30.2 Å². The van der Waals surface area contributed by atoms with Crippen LogP contribution in [0.5, 0.6) is 5.75 Å². The molecule has 2 aromatic rings. The third-order valence-electron chi connectivity index (χ3n) is 5.27. The number of amides is 2. The zero-order valence-corrected chi connectivity index (χ0v) is 17.8. The lowest BCUT2D eigenvalue weighted by Crippen LogP contribution is -2.54. The van der Waals surface area contributed by atoms with Gasteiger partial charge in [0.15, 0.2) is 11.9 Å². The summed E-state index contributed by atoms with van der Waals surface area (Å²) in [5.41, 5.74) is -0.373. The highest BCUT2D eigenvalue weighted by atomic mass is 32.2. The second kappa shape index (κ2) is 7.92. The Morgan fingerprint density at radius 3 is 2.69 bits per heavy atom. The number of hydrogen-bond donors (Lipinski definition) is 4. The minimum atomic E-state index is -4.05. The van der Waals surface area contributed by atoms with E-state index >= 15 is 0 Å². The van der Waals surface area contributed by atoms with Crippen molar-refractivity contribution in [1.82, 2.24) is 15.5 Å². The maximum Gasteiger partial charge on any atom is 0.257 e. The molecule has 1 saturated heterocycles. The van der Waals surface area contributed by atoms with Crippen LogP contribution in [0.4, 0.5) is 0 Å². The first-order valence-corrected chi connectivity index (χ1v) is 11.1. The van der Waals surface area contributed by atoms with Crippen molar-refractivity contribution < 1.29 is 27.9 Å². The Balaban J connectivity index is 1.70. The van der Waals surface area contributed by atoms with E-state index in [9.17, 15) is 23.1 Å². The summed E-state index contributed by atoms with van der Waals surface area (Å²) in [7, 11) is -2.55. The Bertz CT molecular complexity index is 1280. The Morgan fingerprint density at radius 2 is 2.03 bits per heavy atom. The molecule has 0 bridgehead atoms. The molecule has 4 rings (SSSR count). The number of carbonyl (C=O) groups is 2. The molecular weight excluding hydrogens is 436 g/mol. The van der Waals surface area contributed by atoms with Crippen LogP contribution >= 0.6 is 0 Å². The molecule has 32 heavy (non-hydrogen) atoms. The van der Waals surface area contributed by atoms with Gasteiger partial charge in [0.05, 0.1) is 18.6 Å². The Labute approximate surface area is 184 Å². The molecule has 2 aromatic carbocycles. The fourth-order valence-corrected chi connectivity index (χ4v) is 4.40. The van der Waals surface area contributed by atoms with E-state index in [1.807, 2.05) is 0 Å². The smallest absolute Gasteiger partial charge is 0.257 e. The van der Waals surface area contributed by atoms with Crippen LogP contribution in [0.15, 0.2) is 47.4 Å². The van der Waals surface area contributed by atoms with Gasteiger partial charge in [-0.15, -0.1) is 0 Å². The summed E-state index contributed by atoms with van der Waals surface area (Å²) in [5, 5.41) is 20.2. The van der Waals surface area contributed by atoms with Crippen LogP contribution in [0.2, 0.25) is 0 Å². The topological polar surface area (TPSA) is 151 Å². The molecule has 11 heteroatoms. The maximum atomic E-state index is 12.9. The maximum absolute atomic E-state index is 12.9. The highest BCUT2D eigenvalue weighted by Crippen LogP contribution is 2.28. The van der Waals surface area contributed by atoms with Gasteiger partial charge in [0, 0.05) is 17.7 Å². The molecule has 0 spiro atoms. The van der Waals surface area contributed by atoms with Gasteiger partial charge in [0.1, 0.15) is 5.75 Å². The van der Waals surface area contributed by atoms with Crippen LogP contribution in [0.3, 0.4) is 0 Å². The highest BCUT2D eigenvalue weighted by Gasteiger charge is 2.48. The zero-order valence-electron chi connectivity index (χ0n) is 17.0. The largest absolute Gasteiger partial charge is 0.497 e. The third kappa shape index (κ3) is 3.92. The van der Waals surface area contributed by atoms with Crippen molar-refractivity contribution in [2.75, 3.05) is 13.7 Å². The van der Waals surface area contributed by atoms with E-state index in [0.29, 0.717) is 11.3 Å². The fourth-order valence-electron chi connectivity index (χ4n) is 3.71. The van der Waals surface area contributed by atoms with Crippen LogP contribution in [-0.4, -0.2) is 55.8 Å². The molecule has 2 aliphatic heterocycles. The molecule has 0 aliphatic carbocycles. The van der Waals surface area contributed by atoms with Gasteiger partial charge >= 0.3 is 0 Å². The number of benzene rings is 2. The lowest BCUT2D eigenvalue weighted by Gasteiger charge is -2.26. The molecule has 0 aromatic heterocycles. The van der Waals surface area contributed by atoms with Gasteiger partial charge in [-0.3, -0.25) is 9.59 Å². The summed E-state index contributed by atoms with van der Waals surface area (Å²) >= 11 is 0. The second-order valence-corrected chi connectivity index (χ2v) is 8.93. The standard InChI is InChI=1S/C21H20N4O6S/c1-31-15-7-6-14-11-25(18(26)16(14)10-15)12-21(19(27)23-20(28)24-21)9-8-13-4-2-3-5-17(13)32(22,29)30/h2-7,10,20,24,28H,11-12H2,1H3,(H,23,27)(H2,22,29,30)/t20?,21-/m1/s1. The normalized spacial score (nSPS) is 22.2. The first-order chi connectivity index (χ1) is 15.1. The predicted molar refractivity (Wildman–Crippen MR) is 112 cm³/mol. The quantitative estimate of drug-likeness (QED) is 0.435. The number of aliphatic hydroxyl groups is 1. The first kappa shape index (κ1) is 21.8. The Morgan fingerprint density at radius 1 is 1.28 bits per heavy atom. The van der Waals surface area contributed by atoms with Gasteiger partial charge in [-0.1, -0.05) is 30.0 Å². The molecule has 2 amide bonds. The van der Waals surface area contributed by atoms with Crippen molar-refractivity contribution in [2.45, 2.75) is 23.3 Å². The molecule has 1 fully saturated rings. The minimum Gasteiger partial charge on any atom is -0.497 e. The summed E-state index contributed by atoms with van der Waals surface area (Å²) in [4.78, 5) is 26.9. The Hall–Kier alpha value is -3.43. The first-order valence-electron chi connectivity index (χ1n) is 9.51. The number of hydrogen-bond acceptors (Lipinski definition) is 7. The molecule has 0 radical (unpaired) electrons. The van der Waals surface area contributed by atoms with E-state index in [-0.39, 0.29) is 29.5 Å². The Kier molecular flexibility index (Phi) is 5.39. The average Bonchev–Trinajstić information content (AvgIpc) is 3.21. The number of ether oxygens (including phenoxy) is 1. The van der Waals surface area contributed by atoms with Gasteiger partial charge in [0.25, 0.3) is 11.8 Å². The number of rotatable bonds is 4. The van der Waals surface area contributed by atoms with Crippen molar-refractivity contribution in [3.05, 3.63) is 59.2 Å². The van der Waals surface area contributed by atoms with Crippen LogP contribution in [0, 0.1) is 11.8 Å². The molecule has 166 valence electrons. The number of nitrogens with one attached hydrogen (secondary N) is 2. The average molecular weight is 456 g/mol. The predicted octanol–water partition coefficient (Wildman–Crippen LogP) is -0.916. The molecule has 5 N–H and O–H groups in total. The van der Waals surface area contributed by atoms with Crippen molar-refractivity contribution in [3.8, 4) is 17.6 Å². The fraction of sp³-hybridized carbons (Fsp3) is 0.238. The number of fused-ring (bicyclic) bond motifs is 1. The summed E-state index contributed by atoms with van der Waals surface area (Å²) in [6.45, 7) is 0.0523. The van der Waals surface area contributed by atoms with Crippen molar-refractivity contribution in [2.24, 2.45) is 5.14 Å². The molecule has 10 nitrogen and oxygen atoms in total. The van der Waals surface area contributed by atoms with E-state index < -0.39 is 27.8 Å². The summed E-state index contributed by atoms with van der Waals surface area (Å²) < 4.78 is 28.9. The number of nitrogens with zero attached hydrogens (tertiary/aromatic N) is 1. The third-order valence-corrected chi connectivity index (χ3v) is 6.24. The van der Waals surface area contributed by atoms with Gasteiger partial charge in [0.2, 0.25) is 10.0 Å². The molecule has 0 saturated carbocycles. The molecular formula is C21H20N4O6S. The second-order valence-electron chi connectivity index (χ2n) is 7.40. The van der Waals surface area contributed by atoms with Gasteiger partial charge in [-0.05, 0) is 29.8 Å². The minimum absolute atomic E-state index is 0.0890. The zero-order chi connectivity index (χ0) is 23.1. The number of primary sulfonamides is 1. The lowest BCUT2D eigenvalue weighted by molar-refractivity contribution is -0.123. The molecule has 2 atom stereocenters. The van der Waals surface area contributed by atoms with Crippen LogP contribution in [-0.2, 0) is 21.4 Å². The molecule has 2 heterocycles. The van der Waals surface area contributed by atoms with Gasteiger partial charge in [-0.2, -0.15) is 0 Å². The summed E-state index contributed by atoms with van der Waals surface area (Å²) in [6.07, 6.45) is -1.38. The highest BCUT2D eigenvalue weighted by molar-refractivity contribution is 7.89. The van der Waals surface area contributed by atoms with E-state index in [1.54, 1.807) is 24.3 Å². The number of methoxy groups -OCH3 is 1. The summed E-state index contributed by atoms with van der Waals surface area (Å²) in [5.74, 6) is 4.97. The van der Waals surface area contributed by atoms with E-state index in [4.69, 9.17) is 9.88 Å². The van der Waals surface area contributed by atoms with Gasteiger partial charge < -0.3 is 20.1 Å². The van der Waals surface area contributed by atoms with Crippen molar-refractivity contribution in [3.63, 3.8) is 0 Å². The molecule has 2 aliphatic rings. The monoisotopic (exact) mass is 456 g/mol. The molecule has 1 unspecified atom stereocenters. The lowest BCUT2D eigenvalue weighted by atomic mass is 9.99. The van der Waals surface area contributed by atoms with Crippen molar-refractivity contribution >= 4 is 21.8 Å². The van der Waals surface area contributed by atoms with Crippen LogP contribution in [0.25, 0.3) is 0 Å². The van der Waals surface area contributed by atoms with E-state index in [2.05, 4.69) is 22.5 Å². The summed E-state index contributed by atoms with van der Waals surface area (Å²) in [6, 6.07) is 11.0. The number of aliphatic hydroxyl groups excluding tert-OH is 1. The van der Waals surface area contributed by atoms with E-state index in [0.717, 1.165) is 5.56 Å². The van der Waals surface area contributed by atoms with Crippen LogP contribution < -0.4 is 20.5 Å². The number of carbonyl (C=O) groups excluding carboxylic acids is 2. The number of nitrogens with two attached hydrogens (primary N) is 1. The van der Waals surface area contributed by atoms with Gasteiger partial charge in [-0.25, -0.2) is 18.9 Å². The van der Waals surface area contributed by atoms with Crippen molar-refractivity contribution in [1.29, 1.82) is 0 Å².